The number of rotatable bonds is 7. The van der Waals surface area contributed by atoms with E-state index in [2.05, 4.69) is 10.3 Å². The molecule has 1 aromatic heterocycles. The van der Waals surface area contributed by atoms with Crippen LogP contribution in [-0.4, -0.2) is 42.4 Å². The number of aryl methyl sites for hydroxylation is 2. The first-order valence-corrected chi connectivity index (χ1v) is 10.2. The Hall–Kier alpha value is -2.89. The lowest BCUT2D eigenvalue weighted by Gasteiger charge is -2.21. The van der Waals surface area contributed by atoms with Gasteiger partial charge in [0.1, 0.15) is 11.4 Å². The Bertz CT molecular complexity index is 879. The lowest BCUT2D eigenvalue weighted by atomic mass is 9.96. The number of ether oxygens (including phenoxy) is 1. The van der Waals surface area contributed by atoms with Crippen LogP contribution >= 0.6 is 0 Å². The number of carbonyl (C=O) groups excluding carboxylic acids is 2. The van der Waals surface area contributed by atoms with Gasteiger partial charge in [0.15, 0.2) is 6.61 Å². The van der Waals surface area contributed by atoms with Crippen molar-refractivity contribution < 1.29 is 14.3 Å². The Kier molecular flexibility index (Phi) is 6.86. The molecule has 0 radical (unpaired) electrons. The highest BCUT2D eigenvalue weighted by molar-refractivity contribution is 5.92. The highest BCUT2D eigenvalue weighted by Gasteiger charge is 2.20. The number of benzene rings is 1. The zero-order valence-corrected chi connectivity index (χ0v) is 17.4. The van der Waals surface area contributed by atoms with E-state index in [1.165, 1.54) is 16.9 Å². The number of nitrogens with zero attached hydrogens (tertiary/aromatic N) is 2. The van der Waals surface area contributed by atoms with Gasteiger partial charge in [-0.1, -0.05) is 31.2 Å². The fraction of sp³-hybridized carbons (Fsp3) is 0.435. The van der Waals surface area contributed by atoms with Crippen LogP contribution in [0.15, 0.2) is 36.4 Å². The topological polar surface area (TPSA) is 71.5 Å². The number of hydrogen-bond acceptors (Lipinski definition) is 4. The molecule has 1 N–H and O–H groups in total. The minimum atomic E-state index is -0.231. The molecule has 1 aliphatic carbocycles. The van der Waals surface area contributed by atoms with Gasteiger partial charge >= 0.3 is 0 Å². The molecule has 2 amide bonds. The average molecular weight is 396 g/mol. The van der Waals surface area contributed by atoms with Gasteiger partial charge in [0.25, 0.3) is 11.8 Å². The van der Waals surface area contributed by atoms with E-state index in [1.54, 1.807) is 14.1 Å². The van der Waals surface area contributed by atoms with E-state index in [0.29, 0.717) is 17.9 Å². The van der Waals surface area contributed by atoms with Crippen LogP contribution in [0.2, 0.25) is 0 Å². The second kappa shape index (κ2) is 9.54. The predicted molar refractivity (Wildman–Crippen MR) is 112 cm³/mol. The van der Waals surface area contributed by atoms with Gasteiger partial charge in [-0.3, -0.25) is 9.59 Å². The third-order valence-corrected chi connectivity index (χ3v) is 5.27. The number of nitrogens with one attached hydrogen (secondary N) is 1. The van der Waals surface area contributed by atoms with Crippen molar-refractivity contribution in [3.63, 3.8) is 0 Å². The second-order valence-electron chi connectivity index (χ2n) is 7.56. The van der Waals surface area contributed by atoms with E-state index in [1.807, 2.05) is 43.3 Å². The van der Waals surface area contributed by atoms with Crippen LogP contribution in [0.1, 0.15) is 59.5 Å². The average Bonchev–Trinajstić information content (AvgIpc) is 2.75. The van der Waals surface area contributed by atoms with Crippen LogP contribution in [0, 0.1) is 0 Å². The lowest BCUT2D eigenvalue weighted by molar-refractivity contribution is -0.130. The maximum absolute atomic E-state index is 12.9. The van der Waals surface area contributed by atoms with Crippen LogP contribution < -0.4 is 10.1 Å². The van der Waals surface area contributed by atoms with Gasteiger partial charge in [-0.15, -0.1) is 0 Å². The number of carbonyl (C=O) groups is 2. The van der Waals surface area contributed by atoms with Crippen molar-refractivity contribution in [3.8, 4) is 5.75 Å². The molecule has 0 fully saturated rings. The SMILES string of the molecule is CC[C@H](NC(=O)c1ccc2c(n1)CCCC2)c1ccccc1OCC(=O)N(C)C. The molecule has 1 aromatic carbocycles. The maximum atomic E-state index is 12.9. The number of para-hydroxylation sites is 1. The molecule has 29 heavy (non-hydrogen) atoms. The van der Waals surface area contributed by atoms with E-state index in [9.17, 15) is 9.59 Å². The van der Waals surface area contributed by atoms with Gasteiger partial charge in [0.05, 0.1) is 6.04 Å². The fourth-order valence-electron chi connectivity index (χ4n) is 3.51. The molecule has 154 valence electrons. The van der Waals surface area contributed by atoms with Crippen molar-refractivity contribution in [2.75, 3.05) is 20.7 Å². The maximum Gasteiger partial charge on any atom is 0.270 e. The molecule has 0 saturated heterocycles. The summed E-state index contributed by atoms with van der Waals surface area (Å²) in [5, 5.41) is 3.08. The minimum absolute atomic E-state index is 0.0409. The smallest absolute Gasteiger partial charge is 0.270 e. The standard InChI is InChI=1S/C23H29N3O3/c1-4-18(17-10-6-8-12-21(17)29-15-22(27)26(2)3)25-23(28)20-14-13-16-9-5-7-11-19(16)24-20/h6,8,10,12-14,18H,4-5,7,9,11,15H2,1-3H3,(H,25,28)/t18-/m0/s1. The van der Waals surface area contributed by atoms with Crippen LogP contribution in [0.4, 0.5) is 0 Å². The Morgan fingerprint density at radius 2 is 1.90 bits per heavy atom. The second-order valence-corrected chi connectivity index (χ2v) is 7.56. The van der Waals surface area contributed by atoms with Crippen LogP contribution in [-0.2, 0) is 17.6 Å². The summed E-state index contributed by atoms with van der Waals surface area (Å²) in [5.74, 6) is 0.299. The van der Waals surface area contributed by atoms with E-state index in [4.69, 9.17) is 4.74 Å². The normalized spacial score (nSPS) is 13.9. The number of amides is 2. The lowest BCUT2D eigenvalue weighted by Crippen LogP contribution is -2.30. The molecule has 0 unspecified atom stereocenters. The number of aromatic nitrogens is 1. The van der Waals surface area contributed by atoms with Crippen molar-refractivity contribution in [1.82, 2.24) is 15.2 Å². The molecular formula is C23H29N3O3. The Morgan fingerprint density at radius 1 is 1.14 bits per heavy atom. The molecule has 6 nitrogen and oxygen atoms in total. The predicted octanol–water partition coefficient (Wildman–Crippen LogP) is 3.31. The molecule has 1 aliphatic rings. The zero-order chi connectivity index (χ0) is 20.8. The van der Waals surface area contributed by atoms with E-state index >= 15 is 0 Å². The monoisotopic (exact) mass is 395 g/mol. The Labute approximate surface area is 172 Å². The first kappa shape index (κ1) is 20.8. The molecule has 6 heteroatoms. The summed E-state index contributed by atoms with van der Waals surface area (Å²) in [6.07, 6.45) is 4.98. The van der Waals surface area contributed by atoms with Crippen molar-refractivity contribution >= 4 is 11.8 Å². The highest BCUT2D eigenvalue weighted by Crippen LogP contribution is 2.28. The summed E-state index contributed by atoms with van der Waals surface area (Å²) >= 11 is 0. The number of hydrogen-bond donors (Lipinski definition) is 1. The fourth-order valence-corrected chi connectivity index (χ4v) is 3.51. The summed E-state index contributed by atoms with van der Waals surface area (Å²) < 4.78 is 5.75. The molecule has 3 rings (SSSR count). The molecular weight excluding hydrogens is 366 g/mol. The molecule has 0 bridgehead atoms. The van der Waals surface area contributed by atoms with Crippen molar-refractivity contribution in [2.45, 2.75) is 45.1 Å². The van der Waals surface area contributed by atoms with E-state index < -0.39 is 0 Å². The Morgan fingerprint density at radius 3 is 2.66 bits per heavy atom. The zero-order valence-electron chi connectivity index (χ0n) is 17.4. The van der Waals surface area contributed by atoms with Crippen LogP contribution in [0.5, 0.6) is 5.75 Å². The van der Waals surface area contributed by atoms with Gasteiger partial charge in [-0.2, -0.15) is 0 Å². The highest BCUT2D eigenvalue weighted by atomic mass is 16.5. The van der Waals surface area contributed by atoms with Crippen molar-refractivity contribution in [3.05, 3.63) is 58.9 Å². The molecule has 0 saturated carbocycles. The quantitative estimate of drug-likeness (QED) is 0.781. The molecule has 0 aliphatic heterocycles. The van der Waals surface area contributed by atoms with Gasteiger partial charge in [-0.05, 0) is 49.8 Å². The van der Waals surface area contributed by atoms with Crippen LogP contribution in [0.3, 0.4) is 0 Å². The van der Waals surface area contributed by atoms with Gasteiger partial charge < -0.3 is 15.0 Å². The van der Waals surface area contributed by atoms with Gasteiger partial charge in [0, 0.05) is 25.4 Å². The van der Waals surface area contributed by atoms with Crippen molar-refractivity contribution in [2.24, 2.45) is 0 Å². The van der Waals surface area contributed by atoms with Gasteiger partial charge in [0.2, 0.25) is 0 Å². The third-order valence-electron chi connectivity index (χ3n) is 5.27. The molecule has 0 spiro atoms. The summed E-state index contributed by atoms with van der Waals surface area (Å²) in [7, 11) is 3.39. The largest absolute Gasteiger partial charge is 0.483 e. The molecule has 2 aromatic rings. The molecule has 1 heterocycles. The number of likely N-dealkylation sites (N-methyl/N-ethyl adjacent to an activating group) is 1. The molecule has 1 atom stereocenters. The first-order valence-electron chi connectivity index (χ1n) is 10.2. The summed E-state index contributed by atoms with van der Waals surface area (Å²) in [5.41, 5.74) is 3.60. The summed E-state index contributed by atoms with van der Waals surface area (Å²) in [6, 6.07) is 11.1. The third kappa shape index (κ3) is 5.13. The van der Waals surface area contributed by atoms with Crippen molar-refractivity contribution in [1.29, 1.82) is 0 Å². The summed E-state index contributed by atoms with van der Waals surface area (Å²) in [4.78, 5) is 30.8. The van der Waals surface area contributed by atoms with E-state index in [0.717, 1.165) is 30.5 Å². The first-order chi connectivity index (χ1) is 14.0. The van der Waals surface area contributed by atoms with Gasteiger partial charge in [-0.25, -0.2) is 4.98 Å². The minimum Gasteiger partial charge on any atom is -0.483 e. The van der Waals surface area contributed by atoms with Crippen LogP contribution in [0.25, 0.3) is 0 Å². The Balaban J connectivity index is 1.74. The number of pyridine rings is 1. The summed E-state index contributed by atoms with van der Waals surface area (Å²) in [6.45, 7) is 1.97. The van der Waals surface area contributed by atoms with E-state index in [-0.39, 0.29) is 24.5 Å². The number of fused-ring (bicyclic) bond motifs is 1.